The number of rotatable bonds is 3. The molecule has 128 valence electrons. The molecule has 0 aliphatic carbocycles. The monoisotopic (exact) mass is 358 g/mol. The quantitative estimate of drug-likeness (QED) is 0.718. The number of halogens is 1. The first kappa shape index (κ1) is 15.9. The van der Waals surface area contributed by atoms with Gasteiger partial charge in [0, 0.05) is 29.9 Å². The highest BCUT2D eigenvalue weighted by atomic mass is 32.1. The van der Waals surface area contributed by atoms with Crippen LogP contribution in [0.25, 0.3) is 11.4 Å². The van der Waals surface area contributed by atoms with Crippen molar-refractivity contribution in [2.45, 2.75) is 18.5 Å². The van der Waals surface area contributed by atoms with E-state index >= 15 is 4.39 Å². The van der Waals surface area contributed by atoms with Crippen LogP contribution >= 0.6 is 11.3 Å². The lowest BCUT2D eigenvalue weighted by Gasteiger charge is -2.34. The Morgan fingerprint density at radius 1 is 1.32 bits per heavy atom. The first-order chi connectivity index (χ1) is 12.2. The number of likely N-dealkylation sites (tertiary alicyclic amines) is 1. The van der Waals surface area contributed by atoms with E-state index in [1.165, 1.54) is 16.2 Å². The predicted molar refractivity (Wildman–Crippen MR) is 89.8 cm³/mol. The molecule has 0 N–H and O–H groups in total. The number of pyridine rings is 1. The van der Waals surface area contributed by atoms with Crippen molar-refractivity contribution in [3.05, 3.63) is 52.8 Å². The maximum Gasteiger partial charge on any atom is 0.266 e. The van der Waals surface area contributed by atoms with Crippen LogP contribution in [0.3, 0.4) is 0 Å². The van der Waals surface area contributed by atoms with Crippen LogP contribution in [0.4, 0.5) is 4.39 Å². The normalized spacial score (nSPS) is 20.6. The van der Waals surface area contributed by atoms with Crippen LogP contribution in [0.15, 0.2) is 45.9 Å². The predicted octanol–water partition coefficient (Wildman–Crippen LogP) is 3.29. The molecule has 1 unspecified atom stereocenters. The Labute approximate surface area is 147 Å². The summed E-state index contributed by atoms with van der Waals surface area (Å²) in [7, 11) is 0. The Morgan fingerprint density at radius 3 is 2.92 bits per heavy atom. The van der Waals surface area contributed by atoms with E-state index in [0.717, 1.165) is 0 Å². The van der Waals surface area contributed by atoms with Crippen molar-refractivity contribution in [3.8, 4) is 11.4 Å². The highest BCUT2D eigenvalue weighted by Crippen LogP contribution is 2.36. The molecule has 0 aromatic carbocycles. The average Bonchev–Trinajstić information content (AvgIpc) is 3.34. The number of hydrogen-bond donors (Lipinski definition) is 0. The van der Waals surface area contributed by atoms with Crippen molar-refractivity contribution in [1.29, 1.82) is 0 Å². The van der Waals surface area contributed by atoms with Crippen LogP contribution < -0.4 is 0 Å². The smallest absolute Gasteiger partial charge is 0.266 e. The van der Waals surface area contributed by atoms with Gasteiger partial charge in [0.2, 0.25) is 11.5 Å². The molecule has 4 rings (SSSR count). The summed E-state index contributed by atoms with van der Waals surface area (Å²) in [5.41, 5.74) is -0.546. The molecule has 1 amide bonds. The van der Waals surface area contributed by atoms with Crippen molar-refractivity contribution >= 4 is 17.2 Å². The molecule has 3 aromatic rings. The Balaban J connectivity index is 1.57. The maximum absolute atomic E-state index is 15.5. The van der Waals surface area contributed by atoms with E-state index in [9.17, 15) is 4.79 Å². The van der Waals surface area contributed by atoms with Crippen LogP contribution in [0.5, 0.6) is 0 Å². The largest absolute Gasteiger partial charge is 0.335 e. The fraction of sp³-hybridized carbons (Fsp3) is 0.294. The molecule has 0 spiro atoms. The van der Waals surface area contributed by atoms with Crippen LogP contribution in [0.2, 0.25) is 0 Å². The first-order valence-corrected chi connectivity index (χ1v) is 8.85. The SMILES string of the molecule is O=C(c1ccsc1)N1CCCC(F)(c2nc(-c3ccncc3)no2)C1. The van der Waals surface area contributed by atoms with Gasteiger partial charge in [0.1, 0.15) is 0 Å². The van der Waals surface area contributed by atoms with Gasteiger partial charge in [-0.25, -0.2) is 4.39 Å². The van der Waals surface area contributed by atoms with Gasteiger partial charge in [-0.3, -0.25) is 9.78 Å². The molecule has 25 heavy (non-hydrogen) atoms. The summed E-state index contributed by atoms with van der Waals surface area (Å²) < 4.78 is 20.7. The van der Waals surface area contributed by atoms with E-state index < -0.39 is 5.67 Å². The van der Waals surface area contributed by atoms with Gasteiger partial charge in [-0.1, -0.05) is 5.16 Å². The molecule has 8 heteroatoms. The summed E-state index contributed by atoms with van der Waals surface area (Å²) in [6.07, 6.45) is 4.01. The molecule has 0 saturated carbocycles. The molecule has 1 atom stereocenters. The van der Waals surface area contributed by atoms with Crippen LogP contribution in [0.1, 0.15) is 29.1 Å². The Kier molecular flexibility index (Phi) is 4.04. The molecule has 1 saturated heterocycles. The van der Waals surface area contributed by atoms with Gasteiger partial charge >= 0.3 is 0 Å². The highest BCUT2D eigenvalue weighted by molar-refractivity contribution is 7.08. The minimum absolute atomic E-state index is 0.0814. The lowest BCUT2D eigenvalue weighted by atomic mass is 9.94. The molecule has 0 bridgehead atoms. The summed E-state index contributed by atoms with van der Waals surface area (Å²) in [5.74, 6) is 0.0645. The van der Waals surface area contributed by atoms with Crippen molar-refractivity contribution in [1.82, 2.24) is 20.0 Å². The number of hydrogen-bond acceptors (Lipinski definition) is 6. The molecule has 3 aromatic heterocycles. The van der Waals surface area contributed by atoms with E-state index in [0.29, 0.717) is 29.9 Å². The van der Waals surface area contributed by atoms with Gasteiger partial charge in [0.15, 0.2) is 0 Å². The summed E-state index contributed by atoms with van der Waals surface area (Å²) in [6.45, 7) is 0.436. The number of carbonyl (C=O) groups is 1. The average molecular weight is 358 g/mol. The highest BCUT2D eigenvalue weighted by Gasteiger charge is 2.44. The van der Waals surface area contributed by atoms with E-state index in [4.69, 9.17) is 4.52 Å². The lowest BCUT2D eigenvalue weighted by Crippen LogP contribution is -2.46. The van der Waals surface area contributed by atoms with Crippen molar-refractivity contribution < 1.29 is 13.7 Å². The Bertz CT molecular complexity index is 868. The summed E-state index contributed by atoms with van der Waals surface area (Å²) in [5, 5.41) is 7.47. The van der Waals surface area contributed by atoms with E-state index in [1.54, 1.807) is 36.0 Å². The Morgan fingerprint density at radius 2 is 2.16 bits per heavy atom. The molecule has 1 fully saturated rings. The molecular formula is C17H15FN4O2S. The lowest BCUT2D eigenvalue weighted by molar-refractivity contribution is 0.0153. The number of thiophene rings is 1. The van der Waals surface area contributed by atoms with Gasteiger partial charge < -0.3 is 9.42 Å². The number of piperidine rings is 1. The number of amides is 1. The Hall–Kier alpha value is -2.61. The van der Waals surface area contributed by atoms with E-state index in [2.05, 4.69) is 15.1 Å². The molecular weight excluding hydrogens is 343 g/mol. The number of carbonyl (C=O) groups excluding carboxylic acids is 1. The molecule has 6 nitrogen and oxygen atoms in total. The van der Waals surface area contributed by atoms with E-state index in [1.807, 2.05) is 5.38 Å². The zero-order valence-corrected chi connectivity index (χ0v) is 14.1. The molecule has 1 aliphatic rings. The van der Waals surface area contributed by atoms with Crippen LogP contribution in [0, 0.1) is 0 Å². The summed E-state index contributed by atoms with van der Waals surface area (Å²) in [4.78, 5) is 22.2. The van der Waals surface area contributed by atoms with Gasteiger partial charge in [0.05, 0.1) is 12.1 Å². The third-order valence-electron chi connectivity index (χ3n) is 4.25. The zero-order valence-electron chi connectivity index (χ0n) is 13.3. The third kappa shape index (κ3) is 3.05. The summed E-state index contributed by atoms with van der Waals surface area (Å²) in [6, 6.07) is 5.20. The van der Waals surface area contributed by atoms with Gasteiger partial charge in [0.25, 0.3) is 11.8 Å². The van der Waals surface area contributed by atoms with Crippen molar-refractivity contribution in [2.75, 3.05) is 13.1 Å². The molecule has 4 heterocycles. The third-order valence-corrected chi connectivity index (χ3v) is 4.93. The van der Waals surface area contributed by atoms with Crippen LogP contribution in [-0.2, 0) is 5.67 Å². The number of aromatic nitrogens is 3. The topological polar surface area (TPSA) is 72.1 Å². The summed E-state index contributed by atoms with van der Waals surface area (Å²) >= 11 is 1.44. The first-order valence-electron chi connectivity index (χ1n) is 7.91. The van der Waals surface area contributed by atoms with Crippen molar-refractivity contribution in [2.24, 2.45) is 0 Å². The van der Waals surface area contributed by atoms with Gasteiger partial charge in [-0.15, -0.1) is 0 Å². The second kappa shape index (κ2) is 6.36. The minimum Gasteiger partial charge on any atom is -0.335 e. The fourth-order valence-electron chi connectivity index (χ4n) is 2.95. The second-order valence-electron chi connectivity index (χ2n) is 5.97. The molecule has 1 aliphatic heterocycles. The zero-order chi connectivity index (χ0) is 17.3. The minimum atomic E-state index is -1.83. The van der Waals surface area contributed by atoms with Gasteiger partial charge in [-0.2, -0.15) is 16.3 Å². The van der Waals surface area contributed by atoms with E-state index in [-0.39, 0.29) is 24.8 Å². The molecule has 0 radical (unpaired) electrons. The maximum atomic E-state index is 15.5. The standard InChI is InChI=1S/C17H15FN4O2S/c18-17(16-20-14(21-24-16)12-2-6-19-7-3-12)5-1-8-22(11-17)15(23)13-4-9-25-10-13/h2-4,6-7,9-10H,1,5,8,11H2. The van der Waals surface area contributed by atoms with Crippen molar-refractivity contribution in [3.63, 3.8) is 0 Å². The fourth-order valence-corrected chi connectivity index (χ4v) is 3.58. The van der Waals surface area contributed by atoms with Crippen LogP contribution in [-0.4, -0.2) is 39.0 Å². The second-order valence-corrected chi connectivity index (χ2v) is 6.75. The number of alkyl halides is 1. The van der Waals surface area contributed by atoms with Gasteiger partial charge in [-0.05, 0) is 36.4 Å². The number of nitrogens with zero attached hydrogens (tertiary/aromatic N) is 4.